The van der Waals surface area contributed by atoms with Crippen molar-refractivity contribution in [3.05, 3.63) is 33.8 Å². The molecule has 0 radical (unpaired) electrons. The topological polar surface area (TPSA) is 32.3 Å². The first kappa shape index (κ1) is 17.0. The lowest BCUT2D eigenvalue weighted by molar-refractivity contribution is 0.0920. The quantitative estimate of drug-likeness (QED) is 0.886. The molecular weight excluding hydrogens is 330 g/mol. The third-order valence-electron chi connectivity index (χ3n) is 2.71. The van der Waals surface area contributed by atoms with Gasteiger partial charge in [0.05, 0.1) is 0 Å². The van der Waals surface area contributed by atoms with Gasteiger partial charge in [-0.15, -0.1) is 0 Å². The molecule has 0 bridgehead atoms. The molecule has 20 heavy (non-hydrogen) atoms. The summed E-state index contributed by atoms with van der Waals surface area (Å²) >= 11 is 2.98. The third-order valence-corrected chi connectivity index (χ3v) is 3.16. The summed E-state index contributed by atoms with van der Waals surface area (Å²) in [5.41, 5.74) is -0.740. The van der Waals surface area contributed by atoms with Crippen LogP contribution in [0.2, 0.25) is 0 Å². The van der Waals surface area contributed by atoms with E-state index in [1.54, 1.807) is 0 Å². The number of nitrogens with zero attached hydrogens (tertiary/aromatic N) is 1. The van der Waals surface area contributed by atoms with Crippen LogP contribution in [0.5, 0.6) is 0 Å². The predicted molar refractivity (Wildman–Crippen MR) is 78.7 cm³/mol. The Morgan fingerprint density at radius 2 is 1.80 bits per heavy atom. The van der Waals surface area contributed by atoms with Gasteiger partial charge in [-0.25, -0.2) is 8.78 Å². The van der Waals surface area contributed by atoms with Gasteiger partial charge in [0, 0.05) is 17.6 Å². The number of halogens is 3. The van der Waals surface area contributed by atoms with Gasteiger partial charge in [-0.3, -0.25) is 4.79 Å². The van der Waals surface area contributed by atoms with Gasteiger partial charge >= 0.3 is 0 Å². The van der Waals surface area contributed by atoms with Crippen LogP contribution in [-0.2, 0) is 0 Å². The Morgan fingerprint density at radius 1 is 1.30 bits per heavy atom. The first-order valence-electron chi connectivity index (χ1n) is 6.20. The van der Waals surface area contributed by atoms with E-state index in [1.807, 2.05) is 32.8 Å². The van der Waals surface area contributed by atoms with Crippen LogP contribution < -0.4 is 5.32 Å². The fourth-order valence-corrected chi connectivity index (χ4v) is 2.48. The van der Waals surface area contributed by atoms with Gasteiger partial charge in [0.15, 0.2) is 0 Å². The van der Waals surface area contributed by atoms with Crippen LogP contribution in [-0.4, -0.2) is 38.0 Å². The number of carbonyl (C=O) groups is 1. The minimum atomic E-state index is -0.875. The van der Waals surface area contributed by atoms with E-state index in [4.69, 9.17) is 0 Å². The third kappa shape index (κ3) is 4.83. The van der Waals surface area contributed by atoms with Crippen LogP contribution in [0.25, 0.3) is 0 Å². The van der Waals surface area contributed by atoms with Crippen LogP contribution in [0.1, 0.15) is 24.2 Å². The molecule has 0 saturated heterocycles. The molecule has 0 aliphatic heterocycles. The molecule has 0 heterocycles. The summed E-state index contributed by atoms with van der Waals surface area (Å²) in [6, 6.07) is 2.14. The van der Waals surface area contributed by atoms with Crippen molar-refractivity contribution < 1.29 is 13.6 Å². The summed E-state index contributed by atoms with van der Waals surface area (Å²) < 4.78 is 27.6. The second kappa shape index (κ2) is 6.63. The van der Waals surface area contributed by atoms with E-state index in [2.05, 4.69) is 21.2 Å². The minimum Gasteiger partial charge on any atom is -0.351 e. The number of amides is 1. The molecule has 0 aliphatic rings. The van der Waals surface area contributed by atoms with Crippen molar-refractivity contribution in [3.63, 3.8) is 0 Å². The Kier molecular flexibility index (Phi) is 5.65. The first-order valence-corrected chi connectivity index (χ1v) is 6.99. The maximum atomic E-state index is 13.7. The van der Waals surface area contributed by atoms with Crippen LogP contribution in [0.4, 0.5) is 8.78 Å². The molecule has 112 valence electrons. The SMILES string of the molecule is CN(C)CC(C)(C)CNC(=O)c1c(F)cc(Br)cc1F. The van der Waals surface area contributed by atoms with Crippen LogP contribution in [0.15, 0.2) is 16.6 Å². The number of hydrogen-bond acceptors (Lipinski definition) is 2. The van der Waals surface area contributed by atoms with E-state index in [0.717, 1.165) is 18.7 Å². The Bertz CT molecular complexity index is 481. The normalized spacial score (nSPS) is 11.8. The summed E-state index contributed by atoms with van der Waals surface area (Å²) in [5, 5.41) is 2.58. The number of rotatable bonds is 5. The number of benzene rings is 1. The zero-order valence-corrected chi connectivity index (χ0v) is 13.6. The van der Waals surface area contributed by atoms with Crippen molar-refractivity contribution in [2.24, 2.45) is 5.41 Å². The molecule has 3 nitrogen and oxygen atoms in total. The largest absolute Gasteiger partial charge is 0.351 e. The Morgan fingerprint density at radius 3 is 2.25 bits per heavy atom. The first-order chi connectivity index (χ1) is 9.12. The second-order valence-electron chi connectivity index (χ2n) is 5.83. The standard InChI is InChI=1S/C14H19BrF2N2O/c1-14(2,8-19(3)4)7-18-13(20)12-10(16)5-9(15)6-11(12)17/h5-6H,7-8H2,1-4H3,(H,18,20). The molecule has 0 saturated carbocycles. The lowest BCUT2D eigenvalue weighted by Gasteiger charge is -2.28. The molecule has 0 fully saturated rings. The average Bonchev–Trinajstić information content (AvgIpc) is 2.23. The van der Waals surface area contributed by atoms with E-state index in [1.165, 1.54) is 0 Å². The van der Waals surface area contributed by atoms with Crippen molar-refractivity contribution in [1.82, 2.24) is 10.2 Å². The maximum absolute atomic E-state index is 13.7. The van der Waals surface area contributed by atoms with Crippen molar-refractivity contribution >= 4 is 21.8 Å². The predicted octanol–water partition coefficient (Wildman–Crippen LogP) is 3.04. The highest BCUT2D eigenvalue weighted by Gasteiger charge is 2.23. The minimum absolute atomic E-state index is 0.193. The van der Waals surface area contributed by atoms with Gasteiger partial charge in [0.2, 0.25) is 0 Å². The number of nitrogens with one attached hydrogen (secondary N) is 1. The maximum Gasteiger partial charge on any atom is 0.257 e. The van der Waals surface area contributed by atoms with Gasteiger partial charge in [-0.05, 0) is 31.6 Å². The highest BCUT2D eigenvalue weighted by Crippen LogP contribution is 2.20. The van der Waals surface area contributed by atoms with E-state index < -0.39 is 23.1 Å². The molecule has 1 aromatic rings. The van der Waals surface area contributed by atoms with Gasteiger partial charge in [0.25, 0.3) is 5.91 Å². The average molecular weight is 349 g/mol. The fourth-order valence-electron chi connectivity index (χ4n) is 2.08. The van der Waals surface area contributed by atoms with E-state index in [9.17, 15) is 13.6 Å². The molecule has 1 N–H and O–H groups in total. The van der Waals surface area contributed by atoms with Crippen molar-refractivity contribution in [2.75, 3.05) is 27.2 Å². The summed E-state index contributed by atoms with van der Waals surface area (Å²) in [7, 11) is 3.86. The van der Waals surface area contributed by atoms with Crippen LogP contribution in [0, 0.1) is 17.0 Å². The molecule has 0 aliphatic carbocycles. The summed E-state index contributed by atoms with van der Waals surface area (Å²) in [6.07, 6.45) is 0. The molecule has 1 aromatic carbocycles. The highest BCUT2D eigenvalue weighted by molar-refractivity contribution is 9.10. The molecule has 6 heteroatoms. The summed E-state index contributed by atoms with van der Waals surface area (Å²) in [6.45, 7) is 5.03. The zero-order valence-electron chi connectivity index (χ0n) is 12.1. The Hall–Kier alpha value is -1.01. The van der Waals surface area contributed by atoms with Crippen molar-refractivity contribution in [1.29, 1.82) is 0 Å². The Balaban J connectivity index is 2.78. The number of carbonyl (C=O) groups excluding carboxylic acids is 1. The molecule has 0 unspecified atom stereocenters. The van der Waals surface area contributed by atoms with Crippen LogP contribution >= 0.6 is 15.9 Å². The van der Waals surface area contributed by atoms with Crippen LogP contribution in [0.3, 0.4) is 0 Å². The summed E-state index contributed by atoms with van der Waals surface area (Å²) in [5.74, 6) is -2.49. The van der Waals surface area contributed by atoms with Gasteiger partial charge in [0.1, 0.15) is 17.2 Å². The molecule has 0 aromatic heterocycles. The Labute approximate surface area is 126 Å². The van der Waals surface area contributed by atoms with Crippen molar-refractivity contribution in [2.45, 2.75) is 13.8 Å². The molecule has 1 rings (SSSR count). The molecular formula is C14H19BrF2N2O. The van der Waals surface area contributed by atoms with Crippen molar-refractivity contribution in [3.8, 4) is 0 Å². The lowest BCUT2D eigenvalue weighted by Crippen LogP contribution is -2.40. The highest BCUT2D eigenvalue weighted by atomic mass is 79.9. The molecule has 0 spiro atoms. The summed E-state index contributed by atoms with van der Waals surface area (Å²) in [4.78, 5) is 13.9. The second-order valence-corrected chi connectivity index (χ2v) is 6.74. The molecule has 0 atom stereocenters. The zero-order chi connectivity index (χ0) is 15.5. The van der Waals surface area contributed by atoms with E-state index in [0.29, 0.717) is 6.54 Å². The molecule has 1 amide bonds. The van der Waals surface area contributed by atoms with E-state index in [-0.39, 0.29) is 9.89 Å². The lowest BCUT2D eigenvalue weighted by atomic mass is 9.93. The number of hydrogen-bond donors (Lipinski definition) is 1. The van der Waals surface area contributed by atoms with Gasteiger partial charge in [-0.1, -0.05) is 29.8 Å². The van der Waals surface area contributed by atoms with Gasteiger partial charge < -0.3 is 10.2 Å². The van der Waals surface area contributed by atoms with Gasteiger partial charge in [-0.2, -0.15) is 0 Å². The monoisotopic (exact) mass is 348 g/mol. The van der Waals surface area contributed by atoms with E-state index >= 15 is 0 Å². The smallest absolute Gasteiger partial charge is 0.257 e. The fraction of sp³-hybridized carbons (Fsp3) is 0.500.